The van der Waals surface area contributed by atoms with Crippen molar-refractivity contribution in [3.05, 3.63) is 0 Å². The highest BCUT2D eigenvalue weighted by Gasteiger charge is 2.35. The zero-order chi connectivity index (χ0) is 13.2. The van der Waals surface area contributed by atoms with Crippen molar-refractivity contribution in [1.82, 2.24) is 15.1 Å². The van der Waals surface area contributed by atoms with Crippen LogP contribution in [0, 0.1) is 0 Å². The van der Waals surface area contributed by atoms with E-state index in [1.807, 2.05) is 0 Å². The molecule has 0 aromatic heterocycles. The molecule has 94 valence electrons. The third kappa shape index (κ3) is 2.92. The molecule has 1 aliphatic heterocycles. The van der Waals surface area contributed by atoms with Gasteiger partial charge in [0.2, 0.25) is 11.8 Å². The van der Waals surface area contributed by atoms with Gasteiger partial charge in [-0.1, -0.05) is 0 Å². The fraction of sp³-hybridized carbons (Fsp3) is 0.556. The van der Waals surface area contributed by atoms with Gasteiger partial charge in [-0.25, -0.2) is 4.79 Å². The number of carbonyl (C=O) groups is 4. The topological polar surface area (TPSA) is 107 Å². The molecule has 8 heteroatoms. The van der Waals surface area contributed by atoms with Crippen molar-refractivity contribution in [2.24, 2.45) is 0 Å². The minimum absolute atomic E-state index is 0.254. The van der Waals surface area contributed by atoms with E-state index in [-0.39, 0.29) is 6.54 Å². The minimum atomic E-state index is -1.17. The second-order valence-corrected chi connectivity index (χ2v) is 3.75. The molecule has 0 aromatic carbocycles. The summed E-state index contributed by atoms with van der Waals surface area (Å²) in [6.07, 6.45) is 0. The molecule has 1 saturated heterocycles. The van der Waals surface area contributed by atoms with E-state index in [4.69, 9.17) is 5.11 Å². The van der Waals surface area contributed by atoms with Crippen LogP contribution < -0.4 is 5.32 Å². The first-order chi connectivity index (χ1) is 7.82. The Labute approximate surface area is 97.2 Å². The van der Waals surface area contributed by atoms with E-state index in [0.29, 0.717) is 0 Å². The van der Waals surface area contributed by atoms with Crippen LogP contribution in [-0.2, 0) is 14.4 Å². The number of carboxylic acid groups (broad SMARTS) is 1. The largest absolute Gasteiger partial charge is 0.480 e. The van der Waals surface area contributed by atoms with Crippen molar-refractivity contribution < 1.29 is 24.3 Å². The molecule has 1 unspecified atom stereocenters. The number of imide groups is 1. The maximum atomic E-state index is 11.8. The first kappa shape index (κ1) is 12.9. The molecule has 0 saturated carbocycles. The van der Waals surface area contributed by atoms with Crippen molar-refractivity contribution in [2.75, 3.05) is 20.1 Å². The van der Waals surface area contributed by atoms with Crippen LogP contribution in [0.1, 0.15) is 6.92 Å². The Balaban J connectivity index is 2.76. The lowest BCUT2D eigenvalue weighted by molar-refractivity contribution is -0.138. The van der Waals surface area contributed by atoms with Crippen LogP contribution >= 0.6 is 0 Å². The molecule has 1 atom stereocenters. The second kappa shape index (κ2) is 4.81. The Morgan fingerprint density at radius 2 is 2.12 bits per heavy atom. The van der Waals surface area contributed by atoms with Gasteiger partial charge in [0.15, 0.2) is 0 Å². The highest BCUT2D eigenvalue weighted by atomic mass is 16.4. The van der Waals surface area contributed by atoms with Crippen molar-refractivity contribution in [3.63, 3.8) is 0 Å². The van der Waals surface area contributed by atoms with Crippen LogP contribution in [-0.4, -0.2) is 64.9 Å². The fourth-order valence-corrected chi connectivity index (χ4v) is 1.44. The maximum Gasteiger partial charge on any atom is 0.323 e. The van der Waals surface area contributed by atoms with E-state index in [9.17, 15) is 19.2 Å². The van der Waals surface area contributed by atoms with Crippen LogP contribution in [0.2, 0.25) is 0 Å². The van der Waals surface area contributed by atoms with Gasteiger partial charge in [-0.15, -0.1) is 0 Å². The summed E-state index contributed by atoms with van der Waals surface area (Å²) in [6.45, 7) is 0.724. The number of nitrogens with zero attached hydrogens (tertiary/aromatic N) is 2. The summed E-state index contributed by atoms with van der Waals surface area (Å²) >= 11 is 0. The molecule has 0 aliphatic carbocycles. The predicted octanol–water partition coefficient (Wildman–Crippen LogP) is -1.53. The fourth-order valence-electron chi connectivity index (χ4n) is 1.44. The van der Waals surface area contributed by atoms with E-state index in [1.165, 1.54) is 14.0 Å². The lowest BCUT2D eigenvalue weighted by atomic mass is 10.2. The summed E-state index contributed by atoms with van der Waals surface area (Å²) in [5.41, 5.74) is 0. The van der Waals surface area contributed by atoms with Gasteiger partial charge < -0.3 is 14.9 Å². The number of piperazine rings is 1. The number of hydrogen-bond acceptors (Lipinski definition) is 4. The molecule has 1 rings (SSSR count). The monoisotopic (exact) mass is 243 g/mol. The first-order valence-corrected chi connectivity index (χ1v) is 4.90. The van der Waals surface area contributed by atoms with E-state index in [0.717, 1.165) is 9.80 Å². The summed E-state index contributed by atoms with van der Waals surface area (Å²) in [6, 6.07) is -1.46. The van der Waals surface area contributed by atoms with Crippen molar-refractivity contribution in [3.8, 4) is 0 Å². The predicted molar refractivity (Wildman–Crippen MR) is 55.0 cm³/mol. The zero-order valence-corrected chi connectivity index (χ0v) is 9.47. The average molecular weight is 243 g/mol. The Morgan fingerprint density at radius 1 is 1.53 bits per heavy atom. The number of hydrogen-bond donors (Lipinski definition) is 2. The van der Waals surface area contributed by atoms with Gasteiger partial charge in [0.25, 0.3) is 0 Å². The van der Waals surface area contributed by atoms with Crippen molar-refractivity contribution in [2.45, 2.75) is 13.0 Å². The van der Waals surface area contributed by atoms with Crippen LogP contribution in [0.25, 0.3) is 0 Å². The zero-order valence-electron chi connectivity index (χ0n) is 9.47. The van der Waals surface area contributed by atoms with E-state index in [1.54, 1.807) is 0 Å². The molecule has 2 N–H and O–H groups in total. The maximum absolute atomic E-state index is 11.8. The molecular formula is C9H13N3O5. The molecule has 0 bridgehead atoms. The Hall–Kier alpha value is -2.12. The highest BCUT2D eigenvalue weighted by Crippen LogP contribution is 2.07. The summed E-state index contributed by atoms with van der Waals surface area (Å²) in [4.78, 5) is 46.6. The molecule has 0 spiro atoms. The average Bonchev–Trinajstić information content (AvgIpc) is 2.21. The standard InChI is InChI=1S/C9H13N3O5/c1-5-8(16)10-6(13)3-12(5)9(17)11(2)4-7(14)15/h5H,3-4H2,1-2H3,(H,14,15)(H,10,13,16). The van der Waals surface area contributed by atoms with E-state index in [2.05, 4.69) is 5.32 Å². The third-order valence-electron chi connectivity index (χ3n) is 2.37. The number of carboxylic acids is 1. The number of carbonyl (C=O) groups excluding carboxylic acids is 3. The van der Waals surface area contributed by atoms with Crippen LogP contribution in [0.15, 0.2) is 0 Å². The number of amides is 4. The van der Waals surface area contributed by atoms with Crippen LogP contribution in [0.5, 0.6) is 0 Å². The number of nitrogens with one attached hydrogen (secondary N) is 1. The summed E-state index contributed by atoms with van der Waals surface area (Å²) in [5.74, 6) is -2.32. The van der Waals surface area contributed by atoms with Gasteiger partial charge in [0.05, 0.1) is 0 Å². The minimum Gasteiger partial charge on any atom is -0.480 e. The second-order valence-electron chi connectivity index (χ2n) is 3.75. The Morgan fingerprint density at radius 3 is 2.65 bits per heavy atom. The third-order valence-corrected chi connectivity index (χ3v) is 2.37. The molecule has 4 amide bonds. The Kier molecular flexibility index (Phi) is 3.66. The SMILES string of the molecule is CC1C(=O)NC(=O)CN1C(=O)N(C)CC(=O)O. The van der Waals surface area contributed by atoms with Gasteiger partial charge >= 0.3 is 12.0 Å². The molecule has 17 heavy (non-hydrogen) atoms. The van der Waals surface area contributed by atoms with Gasteiger partial charge in [-0.2, -0.15) is 0 Å². The van der Waals surface area contributed by atoms with E-state index >= 15 is 0 Å². The smallest absolute Gasteiger partial charge is 0.323 e. The number of rotatable bonds is 2. The van der Waals surface area contributed by atoms with E-state index < -0.39 is 36.4 Å². The van der Waals surface area contributed by atoms with Crippen LogP contribution in [0.4, 0.5) is 4.79 Å². The highest BCUT2D eigenvalue weighted by molar-refractivity contribution is 6.04. The summed E-state index contributed by atoms with van der Waals surface area (Å²) in [5, 5.41) is 10.6. The van der Waals surface area contributed by atoms with Crippen LogP contribution in [0.3, 0.4) is 0 Å². The number of aliphatic carboxylic acids is 1. The number of urea groups is 1. The molecule has 1 aliphatic rings. The number of likely N-dealkylation sites (N-methyl/N-ethyl adjacent to an activating group) is 1. The summed E-state index contributed by atoms with van der Waals surface area (Å²) < 4.78 is 0. The van der Waals surface area contributed by atoms with Crippen molar-refractivity contribution >= 4 is 23.8 Å². The molecule has 8 nitrogen and oxygen atoms in total. The lowest BCUT2D eigenvalue weighted by Gasteiger charge is -2.34. The van der Waals surface area contributed by atoms with Gasteiger partial charge in [0, 0.05) is 7.05 Å². The molecule has 1 heterocycles. The molecule has 0 aromatic rings. The van der Waals surface area contributed by atoms with Gasteiger partial charge in [-0.3, -0.25) is 19.7 Å². The van der Waals surface area contributed by atoms with Crippen molar-refractivity contribution in [1.29, 1.82) is 0 Å². The summed E-state index contributed by atoms with van der Waals surface area (Å²) in [7, 11) is 1.29. The first-order valence-electron chi connectivity index (χ1n) is 4.90. The molecule has 0 radical (unpaired) electrons. The quantitative estimate of drug-likeness (QED) is 0.572. The van der Waals surface area contributed by atoms with Gasteiger partial charge in [-0.05, 0) is 6.92 Å². The Bertz CT molecular complexity index is 381. The lowest BCUT2D eigenvalue weighted by Crippen LogP contribution is -2.61. The molecule has 1 fully saturated rings. The normalized spacial score (nSPS) is 19.9. The van der Waals surface area contributed by atoms with Gasteiger partial charge in [0.1, 0.15) is 19.1 Å². The molecular weight excluding hydrogens is 230 g/mol.